The van der Waals surface area contributed by atoms with Crippen LogP contribution >= 0.6 is 0 Å². The fourth-order valence-electron chi connectivity index (χ4n) is 2.57. The van der Waals surface area contributed by atoms with Crippen molar-refractivity contribution >= 4 is 10.0 Å². The van der Waals surface area contributed by atoms with E-state index in [9.17, 15) is 8.42 Å². The van der Waals surface area contributed by atoms with Gasteiger partial charge in [-0.25, -0.2) is 13.1 Å². The standard InChI is InChI=1S/C15H24N2O4S/c1-17-8-6-12(7-9-17)11-16-22(18,19)15-5-4-13(20-2)10-14(15)21-3/h4-5,10,12,16H,6-9,11H2,1-3H3. The number of piperidine rings is 1. The summed E-state index contributed by atoms with van der Waals surface area (Å²) in [5.41, 5.74) is 0. The molecule has 0 radical (unpaired) electrons. The van der Waals surface area contributed by atoms with Gasteiger partial charge in [0.1, 0.15) is 16.4 Å². The zero-order chi connectivity index (χ0) is 16.2. The molecule has 1 N–H and O–H groups in total. The summed E-state index contributed by atoms with van der Waals surface area (Å²) in [7, 11) is 1.48. The molecule has 7 heteroatoms. The topological polar surface area (TPSA) is 67.9 Å². The highest BCUT2D eigenvalue weighted by Crippen LogP contribution is 2.28. The lowest BCUT2D eigenvalue weighted by molar-refractivity contribution is 0.220. The van der Waals surface area contributed by atoms with Crippen molar-refractivity contribution in [3.63, 3.8) is 0 Å². The highest BCUT2D eigenvalue weighted by atomic mass is 32.2. The monoisotopic (exact) mass is 328 g/mol. The molecule has 0 unspecified atom stereocenters. The average Bonchev–Trinajstić information content (AvgIpc) is 2.53. The number of sulfonamides is 1. The van der Waals surface area contributed by atoms with Gasteiger partial charge in [0, 0.05) is 12.6 Å². The molecular weight excluding hydrogens is 304 g/mol. The van der Waals surface area contributed by atoms with Gasteiger partial charge < -0.3 is 14.4 Å². The van der Waals surface area contributed by atoms with Gasteiger partial charge in [-0.3, -0.25) is 0 Å². The first-order valence-electron chi connectivity index (χ1n) is 7.36. The average molecular weight is 328 g/mol. The van der Waals surface area contributed by atoms with Crippen LogP contribution in [0.1, 0.15) is 12.8 Å². The molecule has 0 aromatic heterocycles. The lowest BCUT2D eigenvalue weighted by Gasteiger charge is -2.28. The zero-order valence-corrected chi connectivity index (χ0v) is 14.1. The van der Waals surface area contributed by atoms with Gasteiger partial charge in [0.05, 0.1) is 14.2 Å². The van der Waals surface area contributed by atoms with Crippen molar-refractivity contribution in [3.05, 3.63) is 18.2 Å². The predicted octanol–water partition coefficient (Wildman–Crippen LogP) is 1.32. The molecule has 1 aromatic rings. The highest BCUT2D eigenvalue weighted by molar-refractivity contribution is 7.89. The number of nitrogens with zero attached hydrogens (tertiary/aromatic N) is 1. The quantitative estimate of drug-likeness (QED) is 0.853. The molecule has 2 rings (SSSR count). The molecule has 22 heavy (non-hydrogen) atoms. The Kier molecular flexibility index (Phi) is 5.66. The number of ether oxygens (including phenoxy) is 2. The lowest BCUT2D eigenvalue weighted by Crippen LogP contribution is -2.36. The second-order valence-electron chi connectivity index (χ2n) is 5.62. The summed E-state index contributed by atoms with van der Waals surface area (Å²) in [6.45, 7) is 2.49. The van der Waals surface area contributed by atoms with Crippen LogP contribution in [0.3, 0.4) is 0 Å². The summed E-state index contributed by atoms with van der Waals surface area (Å²) in [4.78, 5) is 2.40. The van der Waals surface area contributed by atoms with Gasteiger partial charge in [-0.1, -0.05) is 0 Å². The van der Waals surface area contributed by atoms with Crippen LogP contribution < -0.4 is 14.2 Å². The summed E-state index contributed by atoms with van der Waals surface area (Å²) in [5, 5.41) is 0. The highest BCUT2D eigenvalue weighted by Gasteiger charge is 2.23. The van der Waals surface area contributed by atoms with Gasteiger partial charge >= 0.3 is 0 Å². The van der Waals surface area contributed by atoms with Gasteiger partial charge in [0.2, 0.25) is 10.0 Å². The Morgan fingerprint density at radius 3 is 2.50 bits per heavy atom. The minimum absolute atomic E-state index is 0.142. The number of hydrogen-bond donors (Lipinski definition) is 1. The summed E-state index contributed by atoms with van der Waals surface area (Å²) in [5.74, 6) is 1.23. The molecule has 124 valence electrons. The van der Waals surface area contributed by atoms with Gasteiger partial charge in [0.15, 0.2) is 0 Å². The van der Waals surface area contributed by atoms with Crippen LogP contribution in [-0.2, 0) is 10.0 Å². The maximum atomic E-state index is 12.5. The Labute approximate surface area is 132 Å². The third-order valence-corrected chi connectivity index (χ3v) is 5.52. The Balaban J connectivity index is 2.06. The van der Waals surface area contributed by atoms with Crippen LogP contribution in [0.2, 0.25) is 0 Å². The van der Waals surface area contributed by atoms with Crippen molar-refractivity contribution < 1.29 is 17.9 Å². The molecule has 1 aliphatic rings. The molecule has 0 spiro atoms. The summed E-state index contributed by atoms with van der Waals surface area (Å²) < 4.78 is 37.9. The van der Waals surface area contributed by atoms with Gasteiger partial charge in [-0.05, 0) is 51.0 Å². The zero-order valence-electron chi connectivity index (χ0n) is 13.3. The second-order valence-corrected chi connectivity index (χ2v) is 7.35. The molecule has 6 nitrogen and oxygen atoms in total. The largest absolute Gasteiger partial charge is 0.497 e. The van der Waals surface area contributed by atoms with Crippen LogP contribution in [-0.4, -0.2) is 54.2 Å². The number of rotatable bonds is 6. The molecule has 1 aromatic carbocycles. The van der Waals surface area contributed by atoms with Gasteiger partial charge in [-0.2, -0.15) is 0 Å². The minimum Gasteiger partial charge on any atom is -0.497 e. The fourth-order valence-corrected chi connectivity index (χ4v) is 3.83. The minimum atomic E-state index is -3.59. The summed E-state index contributed by atoms with van der Waals surface area (Å²) in [6.07, 6.45) is 2.03. The van der Waals surface area contributed by atoms with Crippen LogP contribution in [0.15, 0.2) is 23.1 Å². The first-order chi connectivity index (χ1) is 10.5. The number of benzene rings is 1. The molecular formula is C15H24N2O4S. The second kappa shape index (κ2) is 7.30. The number of hydrogen-bond acceptors (Lipinski definition) is 5. The third-order valence-electron chi connectivity index (χ3n) is 4.06. The van der Waals surface area contributed by atoms with E-state index in [0.717, 1.165) is 25.9 Å². The van der Waals surface area contributed by atoms with E-state index in [0.29, 0.717) is 18.2 Å². The van der Waals surface area contributed by atoms with Crippen molar-refractivity contribution in [2.24, 2.45) is 5.92 Å². The summed E-state index contributed by atoms with van der Waals surface area (Å²) >= 11 is 0. The van der Waals surface area contributed by atoms with Crippen molar-refractivity contribution in [1.82, 2.24) is 9.62 Å². The van der Waals surface area contributed by atoms with E-state index in [-0.39, 0.29) is 10.6 Å². The van der Waals surface area contributed by atoms with Gasteiger partial charge in [0.25, 0.3) is 0 Å². The molecule has 1 saturated heterocycles. The van der Waals surface area contributed by atoms with Crippen LogP contribution in [0, 0.1) is 5.92 Å². The molecule has 0 aliphatic carbocycles. The van der Waals surface area contributed by atoms with Crippen LogP contribution in [0.5, 0.6) is 11.5 Å². The van der Waals surface area contributed by atoms with E-state index in [2.05, 4.69) is 16.7 Å². The van der Waals surface area contributed by atoms with Crippen LogP contribution in [0.25, 0.3) is 0 Å². The van der Waals surface area contributed by atoms with Gasteiger partial charge in [-0.15, -0.1) is 0 Å². The molecule has 0 atom stereocenters. The molecule has 0 amide bonds. The van der Waals surface area contributed by atoms with E-state index in [1.54, 1.807) is 12.1 Å². The third kappa shape index (κ3) is 4.12. The van der Waals surface area contributed by atoms with Crippen molar-refractivity contribution in [2.45, 2.75) is 17.7 Å². The first kappa shape index (κ1) is 17.1. The van der Waals surface area contributed by atoms with Crippen molar-refractivity contribution in [2.75, 3.05) is 40.9 Å². The first-order valence-corrected chi connectivity index (χ1v) is 8.85. The Bertz CT molecular complexity index is 596. The maximum absolute atomic E-state index is 12.5. The predicted molar refractivity (Wildman–Crippen MR) is 85.0 cm³/mol. The van der Waals surface area contributed by atoms with Crippen molar-refractivity contribution in [1.29, 1.82) is 0 Å². The number of likely N-dealkylation sites (tertiary alicyclic amines) is 1. The molecule has 1 fully saturated rings. The summed E-state index contributed by atoms with van der Waals surface area (Å²) in [6, 6.07) is 4.70. The van der Waals surface area contributed by atoms with E-state index in [1.165, 1.54) is 20.3 Å². The molecule has 0 bridgehead atoms. The van der Waals surface area contributed by atoms with Crippen LogP contribution in [0.4, 0.5) is 0 Å². The van der Waals surface area contributed by atoms with Crippen molar-refractivity contribution in [3.8, 4) is 11.5 Å². The van der Waals surface area contributed by atoms with E-state index >= 15 is 0 Å². The molecule has 0 saturated carbocycles. The maximum Gasteiger partial charge on any atom is 0.244 e. The lowest BCUT2D eigenvalue weighted by atomic mass is 9.98. The SMILES string of the molecule is COc1ccc(S(=O)(=O)NCC2CCN(C)CC2)c(OC)c1. The molecule has 1 heterocycles. The van der Waals surface area contributed by atoms with E-state index in [1.807, 2.05) is 0 Å². The van der Waals surface area contributed by atoms with E-state index < -0.39 is 10.0 Å². The van der Waals surface area contributed by atoms with E-state index in [4.69, 9.17) is 9.47 Å². The Morgan fingerprint density at radius 1 is 1.23 bits per heavy atom. The smallest absolute Gasteiger partial charge is 0.244 e. The Morgan fingerprint density at radius 2 is 1.91 bits per heavy atom. The molecule has 1 aliphatic heterocycles. The fraction of sp³-hybridized carbons (Fsp3) is 0.600. The Hall–Kier alpha value is -1.31. The number of methoxy groups -OCH3 is 2. The normalized spacial score (nSPS) is 17.4. The number of nitrogens with one attached hydrogen (secondary N) is 1.